The highest BCUT2D eigenvalue weighted by Gasteiger charge is 2.37. The highest BCUT2D eigenvalue weighted by atomic mass is 16.3. The topological polar surface area (TPSA) is 38.9 Å². The van der Waals surface area contributed by atoms with Crippen molar-refractivity contribution < 1.29 is 46.9 Å². The summed E-state index contributed by atoms with van der Waals surface area (Å²) in [5.74, 6) is -0.936. The summed E-state index contributed by atoms with van der Waals surface area (Å²) in [7, 11) is 0. The van der Waals surface area contributed by atoms with E-state index in [-0.39, 0.29) is 0 Å². The molecule has 0 unspecified atom stereocenters. The minimum atomic E-state index is -3.92. The SMILES string of the molecule is [2H]c1c([2H])c([2H])c(-c2nc(-c3c([2H])c([2H])c(-c4c([2H])c([2H])c5oc6c([2H])c([2H])c([2H])c([2H])c6c5c4[2H])c([2H])c3[2H])cc(-c3c([2H])c([2H])c([2H])c4c3-c3c(c([2H])c5c([2H])c([2H])c([2H])c([2H])c5c3[2H])C4(C([2H])([2H])[2H])C([2H])([2H])[2H])n2)c([2H])c1[2H]. The highest BCUT2D eigenvalue weighted by Crippen LogP contribution is 2.53. The lowest BCUT2D eigenvalue weighted by Crippen LogP contribution is -2.14. The Kier molecular flexibility index (Phi) is 2.46. The quantitative estimate of drug-likeness (QED) is 0.187. The summed E-state index contributed by atoms with van der Waals surface area (Å²) < 4.78 is 282. The van der Waals surface area contributed by atoms with E-state index in [1.165, 1.54) is 0 Å². The van der Waals surface area contributed by atoms with Gasteiger partial charge in [-0.3, -0.25) is 0 Å². The van der Waals surface area contributed by atoms with Crippen molar-refractivity contribution in [1.29, 1.82) is 0 Å². The molecule has 0 aliphatic heterocycles. The summed E-state index contributed by atoms with van der Waals surface area (Å²) in [5, 5.41) is -2.41. The molecule has 0 fully saturated rings. The molecule has 0 amide bonds. The normalized spacial score (nSPS) is 22.4. The van der Waals surface area contributed by atoms with Gasteiger partial charge in [0, 0.05) is 41.1 Å². The first-order valence-electron chi connectivity index (χ1n) is 30.1. The average Bonchev–Trinajstić information content (AvgIpc) is 2.28. The molecule has 10 rings (SSSR count). The minimum Gasteiger partial charge on any atom is -0.456 e. The Bertz CT molecular complexity index is 4370. The predicted octanol–water partition coefficient (Wildman–Crippen LogP) is 12.5. The lowest BCUT2D eigenvalue weighted by molar-refractivity contribution is 0.661. The molecule has 236 valence electrons. The first kappa shape index (κ1) is 11.4. The van der Waals surface area contributed by atoms with Gasteiger partial charge in [0.15, 0.2) is 5.82 Å². The van der Waals surface area contributed by atoms with Crippen molar-refractivity contribution in [2.45, 2.75) is 19.1 Å². The molecule has 2 heterocycles. The van der Waals surface area contributed by atoms with Gasteiger partial charge < -0.3 is 4.42 Å². The summed E-state index contributed by atoms with van der Waals surface area (Å²) in [5.41, 5.74) is -14.4. The van der Waals surface area contributed by atoms with Gasteiger partial charge in [-0.2, -0.15) is 0 Å². The van der Waals surface area contributed by atoms with Crippen LogP contribution >= 0.6 is 0 Å². The fourth-order valence-corrected chi connectivity index (χ4v) is 5.77. The molecule has 0 saturated carbocycles. The minimum absolute atomic E-state index is 0.405. The summed E-state index contributed by atoms with van der Waals surface area (Å²) in [6.07, 6.45) is 0. The number of fused-ring (bicyclic) bond motifs is 7. The number of nitrogens with zero attached hydrogens (tertiary/aromatic N) is 2. The van der Waals surface area contributed by atoms with Crippen LogP contribution in [0.2, 0.25) is 0 Å². The third-order valence-corrected chi connectivity index (χ3v) is 8.03. The number of para-hydroxylation sites is 1. The van der Waals surface area contributed by atoms with Gasteiger partial charge in [0.05, 0.1) is 45.7 Å². The molecule has 0 radical (unpaired) electrons. The molecule has 0 bridgehead atoms. The molecule has 1 aliphatic rings. The average molecular weight is 672 g/mol. The largest absolute Gasteiger partial charge is 0.456 e. The van der Waals surface area contributed by atoms with Crippen LogP contribution in [0.5, 0.6) is 0 Å². The van der Waals surface area contributed by atoms with Crippen LogP contribution in [0, 0.1) is 0 Å². The number of furan rings is 1. The van der Waals surface area contributed by atoms with E-state index in [1.54, 1.807) is 0 Å². The second-order valence-corrected chi connectivity index (χ2v) is 11.0. The van der Waals surface area contributed by atoms with Crippen molar-refractivity contribution in [3.63, 3.8) is 0 Å². The van der Waals surface area contributed by atoms with Gasteiger partial charge in [-0.05, 0) is 80.4 Å². The van der Waals surface area contributed by atoms with Crippen LogP contribution in [0.4, 0.5) is 0 Å². The smallest absolute Gasteiger partial charge is 0.160 e. The van der Waals surface area contributed by atoms with E-state index in [2.05, 4.69) is 9.97 Å². The van der Waals surface area contributed by atoms with Crippen molar-refractivity contribution in [1.82, 2.24) is 9.97 Å². The number of aromatic nitrogens is 2. The van der Waals surface area contributed by atoms with Gasteiger partial charge >= 0.3 is 0 Å². The number of rotatable bonds is 4. The molecule has 3 nitrogen and oxygen atoms in total. The van der Waals surface area contributed by atoms with E-state index in [0.29, 0.717) is 0 Å². The second-order valence-electron chi connectivity index (χ2n) is 11.0. The van der Waals surface area contributed by atoms with Crippen LogP contribution in [0.25, 0.3) is 88.9 Å². The highest BCUT2D eigenvalue weighted by molar-refractivity contribution is 6.06. The molecule has 1 aliphatic carbocycles. The molecule has 3 heteroatoms. The van der Waals surface area contributed by atoms with Gasteiger partial charge in [-0.1, -0.05) is 135 Å². The summed E-state index contributed by atoms with van der Waals surface area (Å²) in [6, 6.07) is -23.5. The van der Waals surface area contributed by atoms with Crippen LogP contribution in [0.15, 0.2) is 162 Å². The fourth-order valence-electron chi connectivity index (χ4n) is 5.77. The fraction of sp³-hybridized carbons (Fsp3) is 0.0638. The van der Waals surface area contributed by atoms with Gasteiger partial charge in [0.2, 0.25) is 0 Å². The standard InChI is InChI=1S/C47H32N2O/c1-47(2)39-17-10-16-36(45(39)38-26-32-13-6-7-14-33(32)27-40(38)47)42-28-41(48-46(49-42)31-11-4-3-5-12-31)30-21-19-29(20-22-30)34-23-24-44-37(25-34)35-15-8-9-18-43(35)50-44/h3-28H,1-2H3/i1D3,2D3,3D,4D,5D,6D,7D,8D,9D,10D,11D,12D,13D,14D,15D,16D,17D,18D,19D,20D,21D,22D,23D,24D,25D,26D,27D. The molecule has 7 aromatic carbocycles. The van der Waals surface area contributed by atoms with Gasteiger partial charge in [-0.25, -0.2) is 9.97 Å². The zero-order valence-corrected chi connectivity index (χ0v) is 24.9. The first-order chi connectivity index (χ1) is 37.4. The monoisotopic (exact) mass is 671 g/mol. The zero-order chi connectivity index (χ0) is 60.2. The van der Waals surface area contributed by atoms with Gasteiger partial charge in [0.25, 0.3) is 0 Å². The second kappa shape index (κ2) is 10.8. The van der Waals surface area contributed by atoms with Crippen LogP contribution < -0.4 is 0 Å². The van der Waals surface area contributed by atoms with Crippen molar-refractivity contribution in [2.75, 3.05) is 0 Å². The van der Waals surface area contributed by atoms with Crippen LogP contribution in [0.3, 0.4) is 0 Å². The molecule has 0 spiro atoms. The Morgan fingerprint density at radius 2 is 1.22 bits per heavy atom. The number of hydrogen-bond donors (Lipinski definition) is 0. The Hall–Kier alpha value is -6.32. The third kappa shape index (κ3) is 4.44. The Morgan fingerprint density at radius 3 is 2.06 bits per heavy atom. The maximum absolute atomic E-state index is 9.64. The molecule has 9 aromatic rings. The molecular weight excluding hydrogens is 609 g/mol. The lowest BCUT2D eigenvalue weighted by Gasteiger charge is -2.22. The molecule has 0 N–H and O–H groups in total. The third-order valence-electron chi connectivity index (χ3n) is 8.03. The Morgan fingerprint density at radius 1 is 0.520 bits per heavy atom. The maximum Gasteiger partial charge on any atom is 0.160 e. The Labute approximate surface area is 334 Å². The molecule has 0 saturated heterocycles. The van der Waals surface area contributed by atoms with Crippen LogP contribution in [0.1, 0.15) is 67.3 Å². The molecule has 2 aromatic heterocycles. The van der Waals surface area contributed by atoms with Crippen molar-refractivity contribution >= 4 is 32.7 Å². The summed E-state index contributed by atoms with van der Waals surface area (Å²) in [4.78, 5) is 8.80. The van der Waals surface area contributed by atoms with Gasteiger partial charge in [-0.15, -0.1) is 0 Å². The number of hydrogen-bond acceptors (Lipinski definition) is 3. The number of benzene rings is 7. The molecular formula is C47H32N2O. The summed E-state index contributed by atoms with van der Waals surface area (Å²) in [6.45, 7) is -7.85. The van der Waals surface area contributed by atoms with E-state index in [0.717, 1.165) is 6.07 Å². The maximum atomic E-state index is 9.64. The van der Waals surface area contributed by atoms with Crippen LogP contribution in [-0.2, 0) is 5.41 Å². The lowest BCUT2D eigenvalue weighted by atomic mass is 9.81. The molecule has 50 heavy (non-hydrogen) atoms. The van der Waals surface area contributed by atoms with Crippen molar-refractivity contribution in [3.05, 3.63) is 168 Å². The van der Waals surface area contributed by atoms with E-state index in [4.69, 9.17) is 34.6 Å². The van der Waals surface area contributed by atoms with Crippen LogP contribution in [-0.4, -0.2) is 9.97 Å². The van der Waals surface area contributed by atoms with E-state index >= 15 is 0 Å². The Balaban J connectivity index is 1.39. The van der Waals surface area contributed by atoms with E-state index in [1.807, 2.05) is 0 Å². The predicted molar refractivity (Wildman–Crippen MR) is 206 cm³/mol. The summed E-state index contributed by atoms with van der Waals surface area (Å²) >= 11 is 0. The first-order valence-corrected chi connectivity index (χ1v) is 14.6. The van der Waals surface area contributed by atoms with E-state index < -0.39 is 270 Å². The van der Waals surface area contributed by atoms with Crippen molar-refractivity contribution in [2.24, 2.45) is 0 Å². The van der Waals surface area contributed by atoms with Gasteiger partial charge in [0.1, 0.15) is 11.2 Å². The zero-order valence-electron chi connectivity index (χ0n) is 55.9. The van der Waals surface area contributed by atoms with Crippen molar-refractivity contribution in [3.8, 4) is 56.2 Å². The molecule has 0 atom stereocenters. The van der Waals surface area contributed by atoms with E-state index in [9.17, 15) is 12.3 Å².